The number of furan rings is 1. The molecule has 1 aromatic heterocycles. The Morgan fingerprint density at radius 1 is 1.03 bits per heavy atom. The molecule has 0 radical (unpaired) electrons. The summed E-state index contributed by atoms with van der Waals surface area (Å²) in [6, 6.07) is 1.94. The molecule has 4 aliphatic rings. The summed E-state index contributed by atoms with van der Waals surface area (Å²) in [5.41, 5.74) is 1.22. The van der Waals surface area contributed by atoms with Crippen LogP contribution in [0, 0.1) is 34.0 Å². The van der Waals surface area contributed by atoms with Crippen molar-refractivity contribution in [3.05, 3.63) is 23.7 Å². The maximum atomic E-state index is 11.9. The number of hydrogen-bond donors (Lipinski definition) is 1. The first-order valence-corrected chi connectivity index (χ1v) is 12.4. The minimum atomic E-state index is -0.445. The van der Waals surface area contributed by atoms with Crippen molar-refractivity contribution in [2.75, 3.05) is 0 Å². The first-order valence-electron chi connectivity index (χ1n) is 12.4. The highest BCUT2D eigenvalue weighted by atomic mass is 16.5. The van der Waals surface area contributed by atoms with Gasteiger partial charge in [0.25, 0.3) is 0 Å². The number of rotatable bonds is 1. The lowest BCUT2D eigenvalue weighted by Gasteiger charge is -2.69. The Labute approximate surface area is 187 Å². The zero-order valence-electron chi connectivity index (χ0n) is 20.2. The molecule has 3 saturated carbocycles. The van der Waals surface area contributed by atoms with E-state index in [2.05, 4.69) is 34.6 Å². The standard InChI is InChI=1S/C27H40O4/c1-16(28)31-18-14-21-26(5)12-8-19-24(2,3)10-7-11-25(19,4)20(26)15-22(29)27(21,6)23-17(18)9-13-30-23/h9,13,18-22,29H,7-8,10-12,14-15H2,1-6H3/t18-,19+,20-,21-,22-,25+,26-,27-/m1/s1. The van der Waals surface area contributed by atoms with Crippen LogP contribution in [0.5, 0.6) is 0 Å². The number of aliphatic hydroxyl groups excluding tert-OH is 1. The summed E-state index contributed by atoms with van der Waals surface area (Å²) in [4.78, 5) is 11.9. The Hall–Kier alpha value is -1.29. The van der Waals surface area contributed by atoms with Crippen molar-refractivity contribution >= 4 is 5.97 Å². The van der Waals surface area contributed by atoms with Crippen LogP contribution in [0.15, 0.2) is 16.7 Å². The van der Waals surface area contributed by atoms with Crippen LogP contribution < -0.4 is 0 Å². The number of hydrogen-bond acceptors (Lipinski definition) is 4. The van der Waals surface area contributed by atoms with Crippen molar-refractivity contribution in [3.8, 4) is 0 Å². The van der Waals surface area contributed by atoms with E-state index in [1.54, 1.807) is 6.26 Å². The zero-order valence-corrected chi connectivity index (χ0v) is 20.2. The molecule has 172 valence electrons. The second-order valence-electron chi connectivity index (χ2n) is 12.6. The average Bonchev–Trinajstić information content (AvgIpc) is 3.16. The molecule has 3 fully saturated rings. The molecule has 31 heavy (non-hydrogen) atoms. The first kappa shape index (κ1) is 21.6. The molecule has 0 bridgehead atoms. The molecule has 0 aliphatic heterocycles. The highest BCUT2D eigenvalue weighted by Gasteiger charge is 2.68. The summed E-state index contributed by atoms with van der Waals surface area (Å²) in [7, 11) is 0. The highest BCUT2D eigenvalue weighted by molar-refractivity contribution is 5.66. The van der Waals surface area contributed by atoms with Crippen LogP contribution in [0.2, 0.25) is 0 Å². The average molecular weight is 429 g/mol. The van der Waals surface area contributed by atoms with Crippen LogP contribution in [0.3, 0.4) is 0 Å². The van der Waals surface area contributed by atoms with Crippen molar-refractivity contribution < 1.29 is 19.1 Å². The van der Waals surface area contributed by atoms with E-state index in [9.17, 15) is 9.90 Å². The fourth-order valence-electron chi connectivity index (χ4n) is 9.51. The van der Waals surface area contributed by atoms with Gasteiger partial charge in [0.15, 0.2) is 0 Å². The Balaban J connectivity index is 1.61. The quantitative estimate of drug-likeness (QED) is 0.543. The van der Waals surface area contributed by atoms with Crippen LogP contribution in [0.25, 0.3) is 0 Å². The lowest BCUT2D eigenvalue weighted by Crippen LogP contribution is -2.66. The summed E-state index contributed by atoms with van der Waals surface area (Å²) in [6.07, 6.45) is 8.88. The third kappa shape index (κ3) is 2.72. The normalized spacial score (nSPS) is 48.0. The van der Waals surface area contributed by atoms with Gasteiger partial charge in [-0.1, -0.05) is 34.1 Å². The molecule has 4 heteroatoms. The van der Waals surface area contributed by atoms with Gasteiger partial charge in [0.05, 0.1) is 17.8 Å². The number of ether oxygens (including phenoxy) is 1. The number of carbonyl (C=O) groups is 1. The molecule has 1 heterocycles. The molecule has 5 rings (SSSR count). The molecule has 0 spiro atoms. The van der Waals surface area contributed by atoms with Crippen LogP contribution in [0.1, 0.15) is 104 Å². The molecule has 0 aromatic carbocycles. The number of esters is 1. The summed E-state index contributed by atoms with van der Waals surface area (Å²) in [6.45, 7) is 13.6. The van der Waals surface area contributed by atoms with E-state index < -0.39 is 11.5 Å². The third-order valence-corrected chi connectivity index (χ3v) is 10.8. The highest BCUT2D eigenvalue weighted by Crippen LogP contribution is 2.72. The first-order chi connectivity index (χ1) is 14.4. The van der Waals surface area contributed by atoms with Gasteiger partial charge in [-0.3, -0.25) is 4.79 Å². The topological polar surface area (TPSA) is 59.7 Å². The van der Waals surface area contributed by atoms with E-state index in [1.165, 1.54) is 39.0 Å². The molecule has 0 amide bonds. The van der Waals surface area contributed by atoms with E-state index in [4.69, 9.17) is 9.15 Å². The number of aliphatic hydroxyl groups is 1. The molecule has 8 atom stereocenters. The SMILES string of the molecule is CC(=O)O[C@@H]1C[C@@H]2[C@]3(C)CC[C@H]4C(C)(C)CCC[C@]4(C)[C@H]3C[C@@H](O)[C@]2(C)c2occc21. The van der Waals surface area contributed by atoms with E-state index in [-0.39, 0.29) is 28.8 Å². The fraction of sp³-hybridized carbons (Fsp3) is 0.815. The monoisotopic (exact) mass is 428 g/mol. The molecule has 0 unspecified atom stereocenters. The van der Waals surface area contributed by atoms with Crippen molar-refractivity contribution in [1.82, 2.24) is 0 Å². The fourth-order valence-corrected chi connectivity index (χ4v) is 9.51. The summed E-state index contributed by atoms with van der Waals surface area (Å²) in [5, 5.41) is 11.7. The Bertz CT molecular complexity index is 886. The summed E-state index contributed by atoms with van der Waals surface area (Å²) < 4.78 is 11.9. The maximum Gasteiger partial charge on any atom is 0.303 e. The van der Waals surface area contributed by atoms with Crippen LogP contribution >= 0.6 is 0 Å². The van der Waals surface area contributed by atoms with Gasteiger partial charge in [-0.05, 0) is 85.5 Å². The molecule has 4 nitrogen and oxygen atoms in total. The van der Waals surface area contributed by atoms with Crippen molar-refractivity contribution in [2.45, 2.75) is 104 Å². The molecular formula is C27H40O4. The predicted molar refractivity (Wildman–Crippen MR) is 119 cm³/mol. The second kappa shape index (κ2) is 6.62. The number of carbonyl (C=O) groups excluding carboxylic acids is 1. The smallest absolute Gasteiger partial charge is 0.303 e. The lowest BCUT2D eigenvalue weighted by atomic mass is 9.35. The van der Waals surface area contributed by atoms with Gasteiger partial charge in [0, 0.05) is 12.5 Å². The zero-order chi connectivity index (χ0) is 22.4. The maximum absolute atomic E-state index is 11.9. The minimum absolute atomic E-state index is 0.0928. The van der Waals surface area contributed by atoms with Crippen LogP contribution in [0.4, 0.5) is 0 Å². The van der Waals surface area contributed by atoms with E-state index >= 15 is 0 Å². The van der Waals surface area contributed by atoms with Gasteiger partial charge in [-0.2, -0.15) is 0 Å². The van der Waals surface area contributed by atoms with E-state index in [0.717, 1.165) is 24.2 Å². The number of fused-ring (bicyclic) bond motifs is 7. The van der Waals surface area contributed by atoms with Gasteiger partial charge in [0.2, 0.25) is 0 Å². The van der Waals surface area contributed by atoms with Gasteiger partial charge in [0.1, 0.15) is 11.9 Å². The van der Waals surface area contributed by atoms with Crippen LogP contribution in [-0.2, 0) is 14.9 Å². The largest absolute Gasteiger partial charge is 0.468 e. The molecular weight excluding hydrogens is 388 g/mol. The van der Waals surface area contributed by atoms with Gasteiger partial charge in [-0.15, -0.1) is 0 Å². The molecule has 1 N–H and O–H groups in total. The lowest BCUT2D eigenvalue weighted by molar-refractivity contribution is -0.217. The second-order valence-corrected chi connectivity index (χ2v) is 12.6. The molecule has 0 saturated heterocycles. The Morgan fingerprint density at radius 3 is 2.45 bits per heavy atom. The predicted octanol–water partition coefficient (Wildman–Crippen LogP) is 6.17. The van der Waals surface area contributed by atoms with Crippen molar-refractivity contribution in [1.29, 1.82) is 0 Å². The van der Waals surface area contributed by atoms with E-state index in [0.29, 0.717) is 17.3 Å². The molecule has 4 aliphatic carbocycles. The summed E-state index contributed by atoms with van der Waals surface area (Å²) in [5.74, 6) is 2.00. The van der Waals surface area contributed by atoms with Crippen molar-refractivity contribution in [3.63, 3.8) is 0 Å². The summed E-state index contributed by atoms with van der Waals surface area (Å²) >= 11 is 0. The Kier molecular flexibility index (Phi) is 4.60. The van der Waals surface area contributed by atoms with Crippen LogP contribution in [-0.4, -0.2) is 17.2 Å². The van der Waals surface area contributed by atoms with E-state index in [1.807, 2.05) is 6.07 Å². The Morgan fingerprint density at radius 2 is 1.74 bits per heavy atom. The van der Waals surface area contributed by atoms with Crippen molar-refractivity contribution in [2.24, 2.45) is 34.0 Å². The third-order valence-electron chi connectivity index (χ3n) is 10.8. The van der Waals surface area contributed by atoms with Gasteiger partial charge < -0.3 is 14.3 Å². The van der Waals surface area contributed by atoms with Gasteiger partial charge >= 0.3 is 5.97 Å². The van der Waals surface area contributed by atoms with Gasteiger partial charge in [-0.25, -0.2) is 0 Å². The minimum Gasteiger partial charge on any atom is -0.468 e. The molecule has 1 aromatic rings.